The number of rotatable bonds is 7. The Morgan fingerprint density at radius 3 is 2.18 bits per heavy atom. The maximum Gasteiger partial charge on any atom is 0.187 e. The standard InChI is InChI=1S/C44H70O16/c1-19-8-13-44(54-17-19)20(2)30-27(60-44)15-26-24-7-6-22-14-23(9-11-42(22,4)25(24)10-12-43(26,30)5)56-41-38(59-39-36(51)34(49)31(46)21(3)55-39)33(48)29(18-53-41)58-40-37(52)35(50)32(47)28(16-45)57-40/h6,19-21,23-41,45-52H,7-18H2,1-5H3/t19-,20+,21+,23+,24-,25+,26+,27+,28-,29+,30+,31+,32-,33+,34-,35+,36-,37-,38-,39+,40+,41+,42+,43+,44-/m1/s1. The van der Waals surface area contributed by atoms with Crippen molar-refractivity contribution in [1.29, 1.82) is 0 Å². The second-order valence-corrected chi connectivity index (χ2v) is 20.6. The zero-order chi connectivity index (χ0) is 42.6. The molecule has 0 aromatic carbocycles. The van der Waals surface area contributed by atoms with Gasteiger partial charge in [-0.1, -0.05) is 39.3 Å². The fourth-order valence-electron chi connectivity index (χ4n) is 13.7. The Morgan fingerprint density at radius 1 is 0.733 bits per heavy atom. The van der Waals surface area contributed by atoms with E-state index in [1.54, 1.807) is 0 Å². The first-order valence-corrected chi connectivity index (χ1v) is 22.8. The molecule has 0 amide bonds. The molecule has 25 atom stereocenters. The SMILES string of the molecule is C[C@@H]1CC[C@@]2(OC1)O[C@H]1C[C@H]3[C@@H]4CC=C5C[C@@H](O[C@@H]6OC[C@H](O[C@@H]7O[C@H](CO)[C@@H](O)[C@H](O)[C@H]7O)[C@H](O)[C@H]6O[C@@H]6O[C@@H](C)[C@H](O)[C@@H](O)[C@H]6O)CC[C@]5(C)[C@H]4CC[C@]3(C)[C@H]1[C@@H]2C. The molecule has 1 spiro atoms. The Bertz CT molecular complexity index is 1560. The molecule has 3 saturated carbocycles. The lowest BCUT2D eigenvalue weighted by molar-refractivity contribution is -0.376. The van der Waals surface area contributed by atoms with Crippen LogP contribution < -0.4 is 0 Å². The molecule has 8 fully saturated rings. The zero-order valence-electron chi connectivity index (χ0n) is 35.6. The van der Waals surface area contributed by atoms with Gasteiger partial charge in [0.05, 0.1) is 38.1 Å². The van der Waals surface area contributed by atoms with Crippen LogP contribution in [0.15, 0.2) is 11.6 Å². The van der Waals surface area contributed by atoms with E-state index < -0.39 is 98.4 Å². The van der Waals surface area contributed by atoms with Crippen LogP contribution in [0.4, 0.5) is 0 Å². The van der Waals surface area contributed by atoms with Crippen LogP contribution in [0.25, 0.3) is 0 Å². The summed E-state index contributed by atoms with van der Waals surface area (Å²) >= 11 is 0. The van der Waals surface area contributed by atoms with Gasteiger partial charge in [0.15, 0.2) is 24.7 Å². The van der Waals surface area contributed by atoms with Crippen LogP contribution in [-0.2, 0) is 37.9 Å². The summed E-state index contributed by atoms with van der Waals surface area (Å²) in [5, 5.41) is 84.5. The van der Waals surface area contributed by atoms with Gasteiger partial charge >= 0.3 is 0 Å². The second kappa shape index (κ2) is 16.5. The lowest BCUT2D eigenvalue weighted by Gasteiger charge is -2.58. The predicted octanol–water partition coefficient (Wildman–Crippen LogP) is 0.853. The summed E-state index contributed by atoms with van der Waals surface area (Å²) in [6.45, 7) is 11.0. The van der Waals surface area contributed by atoms with Crippen molar-refractivity contribution in [3.63, 3.8) is 0 Å². The minimum Gasteiger partial charge on any atom is -0.394 e. The van der Waals surface area contributed by atoms with Gasteiger partial charge in [-0.25, -0.2) is 0 Å². The van der Waals surface area contributed by atoms with E-state index in [0.29, 0.717) is 41.9 Å². The van der Waals surface area contributed by atoms with E-state index in [1.807, 2.05) is 0 Å². The molecule has 0 aromatic heterocycles. The summed E-state index contributed by atoms with van der Waals surface area (Å²) in [7, 11) is 0. The van der Waals surface area contributed by atoms with Crippen LogP contribution in [0.3, 0.4) is 0 Å². The summed E-state index contributed by atoms with van der Waals surface area (Å²) < 4.78 is 49.7. The van der Waals surface area contributed by atoms with Gasteiger partial charge < -0.3 is 78.7 Å². The second-order valence-electron chi connectivity index (χ2n) is 20.6. The molecule has 5 saturated heterocycles. The third-order valence-corrected chi connectivity index (χ3v) is 17.3. The smallest absolute Gasteiger partial charge is 0.187 e. The molecule has 0 unspecified atom stereocenters. The molecule has 0 radical (unpaired) electrons. The maximum absolute atomic E-state index is 11.8. The van der Waals surface area contributed by atoms with Crippen molar-refractivity contribution in [2.45, 2.75) is 196 Å². The Hall–Kier alpha value is -0.900. The highest BCUT2D eigenvalue weighted by Gasteiger charge is 2.69. The molecule has 16 nitrogen and oxygen atoms in total. The van der Waals surface area contributed by atoms with E-state index in [1.165, 1.54) is 25.3 Å². The van der Waals surface area contributed by atoms with Gasteiger partial charge in [0.25, 0.3) is 0 Å². The molecular formula is C44H70O16. The first kappa shape index (κ1) is 44.3. The van der Waals surface area contributed by atoms with E-state index in [-0.39, 0.29) is 29.6 Å². The van der Waals surface area contributed by atoms with Gasteiger partial charge in [-0.3, -0.25) is 0 Å². The number of ether oxygens (including phenoxy) is 8. The topological polar surface area (TPSA) is 236 Å². The first-order valence-electron chi connectivity index (χ1n) is 22.8. The zero-order valence-corrected chi connectivity index (χ0v) is 35.6. The van der Waals surface area contributed by atoms with E-state index in [2.05, 4.69) is 33.8 Å². The minimum absolute atomic E-state index is 0.0124. The maximum atomic E-state index is 11.8. The molecule has 9 rings (SSSR count). The Labute approximate surface area is 352 Å². The third kappa shape index (κ3) is 7.19. The van der Waals surface area contributed by atoms with Gasteiger partial charge in [-0.2, -0.15) is 0 Å². The van der Waals surface area contributed by atoms with Crippen molar-refractivity contribution in [1.82, 2.24) is 0 Å². The van der Waals surface area contributed by atoms with Crippen LogP contribution in [-0.4, -0.2) is 165 Å². The molecule has 4 aliphatic carbocycles. The summed E-state index contributed by atoms with van der Waals surface area (Å²) in [6.07, 6.45) is -8.85. The van der Waals surface area contributed by atoms with Gasteiger partial charge in [0.2, 0.25) is 0 Å². The number of aliphatic hydroxyl groups excluding tert-OH is 8. The Kier molecular flexibility index (Phi) is 12.2. The molecule has 8 N–H and O–H groups in total. The fourth-order valence-corrected chi connectivity index (χ4v) is 13.7. The van der Waals surface area contributed by atoms with Crippen molar-refractivity contribution in [2.24, 2.45) is 46.3 Å². The lowest BCUT2D eigenvalue weighted by atomic mass is 9.47. The molecule has 342 valence electrons. The molecular weight excluding hydrogens is 784 g/mol. The highest BCUT2D eigenvalue weighted by Crippen LogP contribution is 2.70. The van der Waals surface area contributed by atoms with Crippen LogP contribution in [0.5, 0.6) is 0 Å². The van der Waals surface area contributed by atoms with Crippen molar-refractivity contribution < 1.29 is 78.7 Å². The van der Waals surface area contributed by atoms with Gasteiger partial charge in [-0.05, 0) is 98.7 Å². The van der Waals surface area contributed by atoms with Crippen molar-refractivity contribution in [3.05, 3.63) is 11.6 Å². The predicted molar refractivity (Wildman–Crippen MR) is 208 cm³/mol. The van der Waals surface area contributed by atoms with Crippen LogP contribution in [0.2, 0.25) is 0 Å². The van der Waals surface area contributed by atoms with Crippen LogP contribution in [0.1, 0.15) is 92.4 Å². The molecule has 5 aliphatic heterocycles. The Morgan fingerprint density at radius 2 is 1.47 bits per heavy atom. The summed E-state index contributed by atoms with van der Waals surface area (Å²) in [5.41, 5.74) is 1.60. The minimum atomic E-state index is -1.72. The summed E-state index contributed by atoms with van der Waals surface area (Å²) in [5.74, 6) is 2.73. The number of hydrogen-bond acceptors (Lipinski definition) is 16. The largest absolute Gasteiger partial charge is 0.394 e. The van der Waals surface area contributed by atoms with E-state index in [9.17, 15) is 40.9 Å². The van der Waals surface area contributed by atoms with Gasteiger partial charge in [0, 0.05) is 12.3 Å². The van der Waals surface area contributed by atoms with Crippen molar-refractivity contribution >= 4 is 0 Å². The summed E-state index contributed by atoms with van der Waals surface area (Å²) in [4.78, 5) is 0. The van der Waals surface area contributed by atoms with Gasteiger partial charge in [-0.15, -0.1) is 0 Å². The van der Waals surface area contributed by atoms with E-state index >= 15 is 0 Å². The molecule has 5 heterocycles. The molecule has 60 heavy (non-hydrogen) atoms. The fraction of sp³-hybridized carbons (Fsp3) is 0.955. The highest BCUT2D eigenvalue weighted by molar-refractivity contribution is 5.26. The van der Waals surface area contributed by atoms with Crippen LogP contribution >= 0.6 is 0 Å². The normalized spacial score (nSPS) is 57.9. The van der Waals surface area contributed by atoms with Gasteiger partial charge in [0.1, 0.15) is 61.0 Å². The number of hydrogen-bond donors (Lipinski definition) is 8. The lowest BCUT2D eigenvalue weighted by Crippen LogP contribution is -2.64. The third-order valence-electron chi connectivity index (χ3n) is 17.3. The molecule has 0 bridgehead atoms. The highest BCUT2D eigenvalue weighted by atomic mass is 16.8. The van der Waals surface area contributed by atoms with Crippen molar-refractivity contribution in [3.8, 4) is 0 Å². The monoisotopic (exact) mass is 854 g/mol. The average molecular weight is 855 g/mol. The van der Waals surface area contributed by atoms with Crippen molar-refractivity contribution in [2.75, 3.05) is 19.8 Å². The molecule has 0 aromatic rings. The Balaban J connectivity index is 0.892. The van der Waals surface area contributed by atoms with E-state index in [4.69, 9.17) is 37.9 Å². The first-order chi connectivity index (χ1) is 28.5. The number of fused-ring (bicyclic) bond motifs is 7. The molecule has 16 heteroatoms. The summed E-state index contributed by atoms with van der Waals surface area (Å²) in [6, 6.07) is 0. The number of allylic oxidation sites excluding steroid dienone is 1. The van der Waals surface area contributed by atoms with E-state index in [0.717, 1.165) is 45.1 Å². The quantitative estimate of drug-likeness (QED) is 0.166. The number of aliphatic hydroxyl groups is 8. The average Bonchev–Trinajstić information content (AvgIpc) is 3.68. The van der Waals surface area contributed by atoms with Crippen LogP contribution in [0, 0.1) is 46.3 Å². The molecule has 9 aliphatic rings.